The van der Waals surface area contributed by atoms with E-state index in [0.29, 0.717) is 0 Å². The van der Waals surface area contributed by atoms with Crippen LogP contribution in [0.2, 0.25) is 0 Å². The van der Waals surface area contributed by atoms with E-state index in [2.05, 4.69) is 22.9 Å². The van der Waals surface area contributed by atoms with Gasteiger partial charge in [0.2, 0.25) is 0 Å². The topological polar surface area (TPSA) is 39.1 Å². The number of rotatable bonds is 3. The van der Waals surface area contributed by atoms with Crippen molar-refractivity contribution in [2.45, 2.75) is 19.3 Å². The average Bonchev–Trinajstić information content (AvgIpc) is 2.85. The van der Waals surface area contributed by atoms with E-state index in [0.717, 1.165) is 24.2 Å². The van der Waals surface area contributed by atoms with Crippen molar-refractivity contribution in [3.63, 3.8) is 0 Å². The molecule has 86 valence electrons. The van der Waals surface area contributed by atoms with E-state index < -0.39 is 0 Å². The molecule has 1 saturated heterocycles. The summed E-state index contributed by atoms with van der Waals surface area (Å²) >= 11 is 0. The fraction of sp³-hybridized carbons (Fsp3) is 0.462. The lowest BCUT2D eigenvalue weighted by molar-refractivity contribution is 0.401. The van der Waals surface area contributed by atoms with Gasteiger partial charge in [0.05, 0.1) is 0 Å². The average molecular weight is 217 g/mol. The van der Waals surface area contributed by atoms with Crippen molar-refractivity contribution in [1.82, 2.24) is 10.2 Å². The Morgan fingerprint density at radius 3 is 2.81 bits per heavy atom. The van der Waals surface area contributed by atoms with E-state index in [1.165, 1.54) is 37.8 Å². The summed E-state index contributed by atoms with van der Waals surface area (Å²) < 4.78 is 0. The SMILES string of the molecule is C=C/C(C=N)=C1\C=C(N2CCCC2)CCN1. The van der Waals surface area contributed by atoms with Crippen LogP contribution in [0.1, 0.15) is 19.3 Å². The first-order valence-corrected chi connectivity index (χ1v) is 5.91. The highest BCUT2D eigenvalue weighted by molar-refractivity contribution is 5.81. The summed E-state index contributed by atoms with van der Waals surface area (Å²) in [5, 5.41) is 10.7. The summed E-state index contributed by atoms with van der Waals surface area (Å²) in [6.07, 6.45) is 8.98. The zero-order valence-electron chi connectivity index (χ0n) is 9.63. The van der Waals surface area contributed by atoms with Crippen molar-refractivity contribution in [3.05, 3.63) is 35.7 Å². The standard InChI is InChI=1S/C13H19N3/c1-2-11(10-14)13-9-12(5-6-15-13)16-7-3-4-8-16/h2,9-10,14-15H,1,3-8H2/b13-11-,14-10?. The second kappa shape index (κ2) is 5.01. The molecule has 3 nitrogen and oxygen atoms in total. The third kappa shape index (κ3) is 2.18. The zero-order valence-corrected chi connectivity index (χ0v) is 9.63. The first-order valence-electron chi connectivity index (χ1n) is 5.91. The van der Waals surface area contributed by atoms with Gasteiger partial charge in [-0.2, -0.15) is 0 Å². The van der Waals surface area contributed by atoms with Gasteiger partial charge in [0, 0.05) is 49.2 Å². The van der Waals surface area contributed by atoms with Crippen LogP contribution in [-0.2, 0) is 0 Å². The Kier molecular flexibility index (Phi) is 3.44. The van der Waals surface area contributed by atoms with Gasteiger partial charge in [-0.05, 0) is 18.9 Å². The molecule has 0 saturated carbocycles. The monoisotopic (exact) mass is 217 g/mol. The number of hydrogen-bond donors (Lipinski definition) is 2. The van der Waals surface area contributed by atoms with Crippen molar-refractivity contribution in [1.29, 1.82) is 5.41 Å². The van der Waals surface area contributed by atoms with Crippen LogP contribution in [0.4, 0.5) is 0 Å². The van der Waals surface area contributed by atoms with Crippen LogP contribution in [0.15, 0.2) is 35.7 Å². The maximum atomic E-state index is 7.33. The molecule has 0 aromatic heterocycles. The van der Waals surface area contributed by atoms with E-state index in [1.54, 1.807) is 6.08 Å². The third-order valence-electron chi connectivity index (χ3n) is 3.21. The lowest BCUT2D eigenvalue weighted by atomic mass is 10.1. The molecule has 2 N–H and O–H groups in total. The van der Waals surface area contributed by atoms with Crippen LogP contribution in [0.3, 0.4) is 0 Å². The zero-order chi connectivity index (χ0) is 11.4. The molecule has 0 aromatic carbocycles. The molecule has 3 heteroatoms. The van der Waals surface area contributed by atoms with Crippen molar-refractivity contribution in [3.8, 4) is 0 Å². The maximum Gasteiger partial charge on any atom is 0.0446 e. The van der Waals surface area contributed by atoms with Crippen LogP contribution < -0.4 is 5.32 Å². The number of hydrogen-bond acceptors (Lipinski definition) is 3. The molecule has 2 heterocycles. The summed E-state index contributed by atoms with van der Waals surface area (Å²) in [6, 6.07) is 0. The highest BCUT2D eigenvalue weighted by atomic mass is 15.2. The molecule has 0 aliphatic carbocycles. The number of likely N-dealkylation sites (tertiary alicyclic amines) is 1. The summed E-state index contributed by atoms with van der Waals surface area (Å²) in [6.45, 7) is 7.07. The highest BCUT2D eigenvalue weighted by Crippen LogP contribution is 2.21. The Bertz CT molecular complexity index is 336. The minimum absolute atomic E-state index is 0.872. The van der Waals surface area contributed by atoms with E-state index in [4.69, 9.17) is 5.41 Å². The fourth-order valence-electron chi connectivity index (χ4n) is 2.30. The number of nitrogens with zero attached hydrogens (tertiary/aromatic N) is 1. The van der Waals surface area contributed by atoms with Crippen LogP contribution in [0.5, 0.6) is 0 Å². The van der Waals surface area contributed by atoms with Gasteiger partial charge < -0.3 is 15.6 Å². The van der Waals surface area contributed by atoms with Gasteiger partial charge in [0.25, 0.3) is 0 Å². The molecule has 2 rings (SSSR count). The highest BCUT2D eigenvalue weighted by Gasteiger charge is 2.17. The Balaban J connectivity index is 2.23. The van der Waals surface area contributed by atoms with Gasteiger partial charge >= 0.3 is 0 Å². The van der Waals surface area contributed by atoms with E-state index in [9.17, 15) is 0 Å². The Hall–Kier alpha value is -1.51. The fourth-order valence-corrected chi connectivity index (χ4v) is 2.30. The summed E-state index contributed by atoms with van der Waals surface area (Å²) in [5.74, 6) is 0. The smallest absolute Gasteiger partial charge is 0.0446 e. The van der Waals surface area contributed by atoms with Gasteiger partial charge in [0.1, 0.15) is 0 Å². The van der Waals surface area contributed by atoms with Gasteiger partial charge in [-0.1, -0.05) is 12.7 Å². The molecule has 0 bridgehead atoms. The van der Waals surface area contributed by atoms with Crippen LogP contribution in [0.25, 0.3) is 0 Å². The van der Waals surface area contributed by atoms with Crippen LogP contribution in [0, 0.1) is 5.41 Å². The minimum atomic E-state index is 0.872. The minimum Gasteiger partial charge on any atom is -0.384 e. The van der Waals surface area contributed by atoms with Gasteiger partial charge in [0.15, 0.2) is 0 Å². The molecular formula is C13H19N3. The molecule has 0 atom stereocenters. The molecule has 2 aliphatic heterocycles. The normalized spacial score (nSPS) is 23.5. The summed E-state index contributed by atoms with van der Waals surface area (Å²) in [5.41, 5.74) is 3.32. The predicted molar refractivity (Wildman–Crippen MR) is 67.5 cm³/mol. The van der Waals surface area contributed by atoms with Crippen LogP contribution in [-0.4, -0.2) is 30.7 Å². The van der Waals surface area contributed by atoms with Crippen LogP contribution >= 0.6 is 0 Å². The van der Waals surface area contributed by atoms with E-state index >= 15 is 0 Å². The molecule has 0 unspecified atom stereocenters. The Morgan fingerprint density at radius 2 is 2.19 bits per heavy atom. The quantitative estimate of drug-likeness (QED) is 0.710. The first kappa shape index (κ1) is 11.0. The second-order valence-electron chi connectivity index (χ2n) is 4.22. The molecule has 0 aromatic rings. The molecule has 2 aliphatic rings. The predicted octanol–water partition coefficient (Wildman–Crippen LogP) is 2.05. The van der Waals surface area contributed by atoms with Crippen molar-refractivity contribution < 1.29 is 0 Å². The first-order chi connectivity index (χ1) is 7.85. The third-order valence-corrected chi connectivity index (χ3v) is 3.21. The second-order valence-corrected chi connectivity index (χ2v) is 4.22. The van der Waals surface area contributed by atoms with E-state index in [-0.39, 0.29) is 0 Å². The lowest BCUT2D eigenvalue weighted by Gasteiger charge is -2.26. The number of nitrogens with one attached hydrogen (secondary N) is 2. The molecule has 1 fully saturated rings. The number of allylic oxidation sites excluding steroid dienone is 3. The van der Waals surface area contributed by atoms with Gasteiger partial charge in [-0.3, -0.25) is 0 Å². The molecule has 0 radical (unpaired) electrons. The van der Waals surface area contributed by atoms with Crippen molar-refractivity contribution in [2.24, 2.45) is 0 Å². The largest absolute Gasteiger partial charge is 0.384 e. The summed E-state index contributed by atoms with van der Waals surface area (Å²) in [4.78, 5) is 2.46. The molecule has 0 spiro atoms. The maximum absolute atomic E-state index is 7.33. The lowest BCUT2D eigenvalue weighted by Crippen LogP contribution is -2.28. The summed E-state index contributed by atoms with van der Waals surface area (Å²) in [7, 11) is 0. The molecular weight excluding hydrogens is 198 g/mol. The van der Waals surface area contributed by atoms with Gasteiger partial charge in [-0.25, -0.2) is 0 Å². The molecule has 0 amide bonds. The Morgan fingerprint density at radius 1 is 1.44 bits per heavy atom. The van der Waals surface area contributed by atoms with E-state index in [1.807, 2.05) is 0 Å². The molecule has 16 heavy (non-hydrogen) atoms. The van der Waals surface area contributed by atoms with Gasteiger partial charge in [-0.15, -0.1) is 0 Å². The van der Waals surface area contributed by atoms with Crippen molar-refractivity contribution in [2.75, 3.05) is 19.6 Å². The van der Waals surface area contributed by atoms with Crippen molar-refractivity contribution >= 4 is 6.21 Å². The Labute approximate surface area is 97.0 Å².